The lowest BCUT2D eigenvalue weighted by atomic mass is 10.1. The van der Waals surface area contributed by atoms with Gasteiger partial charge in [-0.1, -0.05) is 12.8 Å². The molecule has 1 N–H and O–H groups in total. The van der Waals surface area contributed by atoms with E-state index in [9.17, 15) is 8.42 Å². The first-order valence-electron chi connectivity index (χ1n) is 7.37. The quantitative estimate of drug-likeness (QED) is 0.897. The Kier molecular flexibility index (Phi) is 4.09. The number of piperazine rings is 1. The smallest absolute Gasteiger partial charge is 0.246 e. The molecular formula is C13H22N4O2S. The number of H-pyrrole nitrogens is 1. The molecule has 1 saturated heterocycles. The largest absolute Gasteiger partial charge is 0.300 e. The third-order valence-electron chi connectivity index (χ3n) is 4.43. The number of aromatic nitrogens is 2. The van der Waals surface area contributed by atoms with Gasteiger partial charge in [-0.05, 0) is 18.8 Å². The monoisotopic (exact) mass is 298 g/mol. The fraction of sp³-hybridized carbons (Fsp3) is 0.769. The number of nitrogens with one attached hydrogen (secondary N) is 1. The van der Waals surface area contributed by atoms with Gasteiger partial charge in [-0.25, -0.2) is 8.42 Å². The van der Waals surface area contributed by atoms with Crippen molar-refractivity contribution in [1.29, 1.82) is 0 Å². The second-order valence-electron chi connectivity index (χ2n) is 5.79. The van der Waals surface area contributed by atoms with Crippen molar-refractivity contribution in [2.45, 2.75) is 30.6 Å². The van der Waals surface area contributed by atoms with E-state index in [2.05, 4.69) is 15.1 Å². The molecule has 2 fully saturated rings. The minimum Gasteiger partial charge on any atom is -0.300 e. The molecule has 0 spiro atoms. The molecule has 0 amide bonds. The first-order valence-corrected chi connectivity index (χ1v) is 8.81. The highest BCUT2D eigenvalue weighted by Crippen LogP contribution is 2.26. The van der Waals surface area contributed by atoms with Crippen molar-refractivity contribution in [1.82, 2.24) is 19.4 Å². The van der Waals surface area contributed by atoms with Crippen LogP contribution in [0, 0.1) is 5.92 Å². The summed E-state index contributed by atoms with van der Waals surface area (Å²) < 4.78 is 26.3. The van der Waals surface area contributed by atoms with E-state index in [4.69, 9.17) is 0 Å². The van der Waals surface area contributed by atoms with Crippen molar-refractivity contribution < 1.29 is 8.42 Å². The van der Waals surface area contributed by atoms with Crippen LogP contribution >= 0.6 is 0 Å². The Labute approximate surface area is 120 Å². The summed E-state index contributed by atoms with van der Waals surface area (Å²) >= 11 is 0. The highest BCUT2D eigenvalue weighted by atomic mass is 32.2. The first kappa shape index (κ1) is 14.0. The summed E-state index contributed by atoms with van der Waals surface area (Å²) in [4.78, 5) is 2.68. The molecule has 1 aliphatic carbocycles. The molecule has 0 radical (unpaired) electrons. The van der Waals surface area contributed by atoms with Crippen LogP contribution < -0.4 is 0 Å². The predicted molar refractivity (Wildman–Crippen MR) is 75.7 cm³/mol. The van der Waals surface area contributed by atoms with Crippen molar-refractivity contribution in [3.05, 3.63) is 12.4 Å². The second-order valence-corrected chi connectivity index (χ2v) is 7.73. The summed E-state index contributed by atoms with van der Waals surface area (Å²) in [5, 5.41) is 6.29. The van der Waals surface area contributed by atoms with Gasteiger partial charge >= 0.3 is 0 Å². The maximum absolute atomic E-state index is 12.3. The number of nitrogens with zero attached hydrogens (tertiary/aromatic N) is 3. The minimum absolute atomic E-state index is 0.266. The lowest BCUT2D eigenvalue weighted by Crippen LogP contribution is -2.49. The molecule has 3 rings (SSSR count). The van der Waals surface area contributed by atoms with Crippen LogP contribution in [0.2, 0.25) is 0 Å². The third kappa shape index (κ3) is 2.89. The van der Waals surface area contributed by atoms with Crippen molar-refractivity contribution in [3.63, 3.8) is 0 Å². The average Bonchev–Trinajstić information content (AvgIpc) is 3.12. The summed E-state index contributed by atoms with van der Waals surface area (Å²) in [6, 6.07) is 0. The van der Waals surface area contributed by atoms with Crippen LogP contribution in [0.25, 0.3) is 0 Å². The Balaban J connectivity index is 1.55. The van der Waals surface area contributed by atoms with E-state index in [-0.39, 0.29) is 4.90 Å². The SMILES string of the molecule is O=S(=O)(c1cn[nH]c1)N1CCN(CC2CCCC2)CC1. The Morgan fingerprint density at radius 3 is 2.50 bits per heavy atom. The number of aromatic amines is 1. The molecule has 0 atom stereocenters. The molecule has 1 saturated carbocycles. The summed E-state index contributed by atoms with van der Waals surface area (Å²) in [5.74, 6) is 0.826. The number of rotatable bonds is 4. The number of hydrogen-bond acceptors (Lipinski definition) is 4. The van der Waals surface area contributed by atoms with E-state index < -0.39 is 10.0 Å². The third-order valence-corrected chi connectivity index (χ3v) is 6.30. The topological polar surface area (TPSA) is 69.3 Å². The molecule has 0 aromatic carbocycles. The van der Waals surface area contributed by atoms with E-state index in [1.807, 2.05) is 0 Å². The van der Waals surface area contributed by atoms with Gasteiger partial charge in [0.25, 0.3) is 0 Å². The summed E-state index contributed by atoms with van der Waals surface area (Å²) in [7, 11) is -3.36. The van der Waals surface area contributed by atoms with Crippen molar-refractivity contribution in [2.24, 2.45) is 5.92 Å². The van der Waals surface area contributed by atoms with Gasteiger partial charge in [-0.15, -0.1) is 0 Å². The molecule has 1 aromatic heterocycles. The fourth-order valence-corrected chi connectivity index (χ4v) is 4.57. The van der Waals surface area contributed by atoms with Gasteiger partial charge in [0.15, 0.2) is 0 Å². The Morgan fingerprint density at radius 1 is 1.20 bits per heavy atom. The van der Waals surface area contributed by atoms with Gasteiger partial charge in [0.05, 0.1) is 6.20 Å². The molecule has 7 heteroatoms. The number of sulfonamides is 1. The van der Waals surface area contributed by atoms with E-state index in [1.165, 1.54) is 38.1 Å². The standard InChI is InChI=1S/C13H22N4O2S/c18-20(19,13-9-14-15-10-13)17-7-5-16(6-8-17)11-12-3-1-2-4-12/h9-10,12H,1-8,11H2,(H,14,15). The molecular weight excluding hydrogens is 276 g/mol. The van der Waals surface area contributed by atoms with Crippen molar-refractivity contribution in [2.75, 3.05) is 32.7 Å². The minimum atomic E-state index is -3.36. The zero-order valence-corrected chi connectivity index (χ0v) is 12.5. The fourth-order valence-electron chi connectivity index (χ4n) is 3.24. The second kappa shape index (κ2) is 5.83. The van der Waals surface area contributed by atoms with E-state index in [0.29, 0.717) is 13.1 Å². The van der Waals surface area contributed by atoms with Crippen LogP contribution in [0.15, 0.2) is 17.3 Å². The van der Waals surface area contributed by atoms with Crippen LogP contribution in [-0.2, 0) is 10.0 Å². The lowest BCUT2D eigenvalue weighted by molar-refractivity contribution is 0.165. The predicted octanol–water partition coefficient (Wildman–Crippen LogP) is 0.906. The zero-order chi connectivity index (χ0) is 14.0. The van der Waals surface area contributed by atoms with Gasteiger partial charge in [0, 0.05) is 38.9 Å². The van der Waals surface area contributed by atoms with Crippen LogP contribution in [-0.4, -0.2) is 60.5 Å². The first-order chi connectivity index (χ1) is 9.66. The van der Waals surface area contributed by atoms with E-state index >= 15 is 0 Å². The highest BCUT2D eigenvalue weighted by molar-refractivity contribution is 7.89. The van der Waals surface area contributed by atoms with Gasteiger partial charge < -0.3 is 4.90 Å². The molecule has 20 heavy (non-hydrogen) atoms. The molecule has 2 heterocycles. The Bertz CT molecular complexity index is 515. The van der Waals surface area contributed by atoms with Gasteiger partial charge in [-0.2, -0.15) is 9.40 Å². The molecule has 112 valence electrons. The molecule has 1 aromatic rings. The van der Waals surface area contributed by atoms with Gasteiger partial charge in [0.1, 0.15) is 4.90 Å². The molecule has 6 nitrogen and oxygen atoms in total. The summed E-state index contributed by atoms with van der Waals surface area (Å²) in [6.07, 6.45) is 8.22. The summed E-state index contributed by atoms with van der Waals surface area (Å²) in [6.45, 7) is 3.99. The molecule has 2 aliphatic rings. The molecule has 1 aliphatic heterocycles. The maximum Gasteiger partial charge on any atom is 0.246 e. The highest BCUT2D eigenvalue weighted by Gasteiger charge is 2.30. The lowest BCUT2D eigenvalue weighted by Gasteiger charge is -2.35. The number of hydrogen-bond donors (Lipinski definition) is 1. The van der Waals surface area contributed by atoms with Crippen LogP contribution in [0.1, 0.15) is 25.7 Å². The van der Waals surface area contributed by atoms with Gasteiger partial charge in [0.2, 0.25) is 10.0 Å². The molecule has 0 bridgehead atoms. The van der Waals surface area contributed by atoms with Crippen molar-refractivity contribution >= 4 is 10.0 Å². The van der Waals surface area contributed by atoms with E-state index in [0.717, 1.165) is 25.6 Å². The van der Waals surface area contributed by atoms with Crippen LogP contribution in [0.5, 0.6) is 0 Å². The molecule has 0 unspecified atom stereocenters. The van der Waals surface area contributed by atoms with Gasteiger partial charge in [-0.3, -0.25) is 5.10 Å². The van der Waals surface area contributed by atoms with E-state index in [1.54, 1.807) is 4.31 Å². The average molecular weight is 298 g/mol. The van der Waals surface area contributed by atoms with Crippen LogP contribution in [0.4, 0.5) is 0 Å². The Hall–Kier alpha value is -0.920. The normalized spacial score (nSPS) is 23.4. The van der Waals surface area contributed by atoms with Crippen LogP contribution in [0.3, 0.4) is 0 Å². The maximum atomic E-state index is 12.3. The summed E-state index contributed by atoms with van der Waals surface area (Å²) in [5.41, 5.74) is 0. The zero-order valence-electron chi connectivity index (χ0n) is 11.7. The van der Waals surface area contributed by atoms with Crippen molar-refractivity contribution in [3.8, 4) is 0 Å². The Morgan fingerprint density at radius 2 is 1.90 bits per heavy atom.